The zero-order valence-electron chi connectivity index (χ0n) is 16.4. The van der Waals surface area contributed by atoms with Crippen LogP contribution in [-0.2, 0) is 12.6 Å². The van der Waals surface area contributed by atoms with Crippen molar-refractivity contribution in [1.29, 1.82) is 0 Å². The largest absolute Gasteiger partial charge is 0.348 e. The molecule has 0 aliphatic heterocycles. The molecule has 0 aliphatic rings. The van der Waals surface area contributed by atoms with Gasteiger partial charge in [-0.25, -0.2) is 22.2 Å². The topological polar surface area (TPSA) is 66.8 Å². The molecule has 0 radical (unpaired) electrons. The molecule has 3 aromatic rings. The summed E-state index contributed by atoms with van der Waals surface area (Å²) in [5, 5.41) is 4.20. The third kappa shape index (κ3) is 3.70. The summed E-state index contributed by atoms with van der Waals surface area (Å²) in [6, 6.07) is 2.80. The van der Waals surface area contributed by atoms with Crippen molar-refractivity contribution in [2.75, 3.05) is 19.0 Å². The molecule has 1 aromatic carbocycles. The predicted molar refractivity (Wildman–Crippen MR) is 102 cm³/mol. The van der Waals surface area contributed by atoms with Gasteiger partial charge < -0.3 is 4.90 Å². The first kappa shape index (κ1) is 20.8. The van der Waals surface area contributed by atoms with E-state index in [2.05, 4.69) is 15.1 Å². The summed E-state index contributed by atoms with van der Waals surface area (Å²) in [5.41, 5.74) is -0.840. The maximum Gasteiger partial charge on any atom is 0.273 e. The van der Waals surface area contributed by atoms with Gasteiger partial charge in [-0.1, -0.05) is 13.0 Å². The second kappa shape index (κ2) is 7.49. The van der Waals surface area contributed by atoms with Gasteiger partial charge in [-0.2, -0.15) is 10.1 Å². The molecule has 6 nitrogen and oxygen atoms in total. The van der Waals surface area contributed by atoms with Gasteiger partial charge >= 0.3 is 0 Å². The number of H-pyrrole nitrogens is 1. The molecule has 2 aromatic heterocycles. The van der Waals surface area contributed by atoms with Crippen molar-refractivity contribution in [2.45, 2.75) is 38.9 Å². The Kier molecular flexibility index (Phi) is 5.38. The van der Waals surface area contributed by atoms with E-state index in [9.17, 15) is 22.4 Å². The lowest BCUT2D eigenvalue weighted by Gasteiger charge is -2.19. The highest BCUT2D eigenvalue weighted by Crippen LogP contribution is 2.33. The third-order valence-electron chi connectivity index (χ3n) is 4.70. The number of fused-ring (bicyclic) bond motifs is 1. The Morgan fingerprint density at radius 3 is 2.52 bits per heavy atom. The summed E-state index contributed by atoms with van der Waals surface area (Å²) in [4.78, 5) is 21.0. The van der Waals surface area contributed by atoms with Crippen molar-refractivity contribution in [1.82, 2.24) is 19.7 Å². The van der Waals surface area contributed by atoms with Gasteiger partial charge in [0.15, 0.2) is 5.65 Å². The molecule has 1 atom stereocenters. The zero-order chi connectivity index (χ0) is 21.5. The van der Waals surface area contributed by atoms with Gasteiger partial charge in [-0.05, 0) is 24.1 Å². The van der Waals surface area contributed by atoms with Gasteiger partial charge in [0.05, 0.1) is 11.6 Å². The number of hydrogen-bond donors (Lipinski definition) is 1. The Morgan fingerprint density at radius 2 is 2.00 bits per heavy atom. The quantitative estimate of drug-likeness (QED) is 0.625. The molecule has 29 heavy (non-hydrogen) atoms. The second-order valence-corrected chi connectivity index (χ2v) is 7.06. The summed E-state index contributed by atoms with van der Waals surface area (Å²) in [5.74, 6) is -4.12. The highest BCUT2D eigenvalue weighted by atomic mass is 19.3. The number of rotatable bonds is 6. The van der Waals surface area contributed by atoms with Crippen molar-refractivity contribution >= 4 is 17.0 Å². The number of benzene rings is 1. The number of aromatic amines is 1. The van der Waals surface area contributed by atoms with Gasteiger partial charge in [0, 0.05) is 21.0 Å². The highest BCUT2D eigenvalue weighted by Gasteiger charge is 2.29. The second-order valence-electron chi connectivity index (χ2n) is 7.06. The highest BCUT2D eigenvalue weighted by molar-refractivity contribution is 5.78. The smallest absolute Gasteiger partial charge is 0.273 e. The molecule has 0 spiro atoms. The lowest BCUT2D eigenvalue weighted by Crippen LogP contribution is -2.20. The minimum Gasteiger partial charge on any atom is -0.348 e. The molecule has 10 heteroatoms. The van der Waals surface area contributed by atoms with Crippen LogP contribution in [0.4, 0.5) is 23.5 Å². The SMILES string of the molecule is CC[C@@H](c1ccc(C(C)(F)F)c(F)c1)n1nc(CF)c2c(=O)[nH]c(N(C)C)nc21. The monoisotopic (exact) mass is 411 g/mol. The Morgan fingerprint density at radius 1 is 1.31 bits per heavy atom. The summed E-state index contributed by atoms with van der Waals surface area (Å²) in [6.45, 7) is 1.42. The van der Waals surface area contributed by atoms with Gasteiger partial charge in [0.1, 0.15) is 23.6 Å². The third-order valence-corrected chi connectivity index (χ3v) is 4.70. The molecule has 0 aliphatic carbocycles. The standard InChI is InChI=1S/C19H21F4N5O/c1-5-14(10-6-7-11(12(21)8-10)19(2,22)23)28-16-15(13(9-20)26-28)17(29)25-18(24-16)27(3)4/h6-8,14H,5,9H2,1-4H3,(H,24,25,29)/t14-/m0/s1. The molecule has 1 N–H and O–H groups in total. The van der Waals surface area contributed by atoms with Crippen LogP contribution in [0.25, 0.3) is 11.0 Å². The van der Waals surface area contributed by atoms with Crippen molar-refractivity contribution in [3.05, 3.63) is 51.2 Å². The number of hydrogen-bond acceptors (Lipinski definition) is 4. The average Bonchev–Trinajstić information content (AvgIpc) is 3.00. The predicted octanol–water partition coefficient (Wildman–Crippen LogP) is 3.91. The Bertz CT molecular complexity index is 1100. The Labute approximate surface area is 164 Å². The van der Waals surface area contributed by atoms with Crippen LogP contribution in [0.3, 0.4) is 0 Å². The number of halogens is 4. The number of nitrogens with one attached hydrogen (secondary N) is 1. The lowest BCUT2D eigenvalue weighted by atomic mass is 10.0. The Balaban J connectivity index is 2.22. The van der Waals surface area contributed by atoms with Gasteiger partial charge in [0.25, 0.3) is 11.5 Å². The van der Waals surface area contributed by atoms with Crippen molar-refractivity contribution in [3.63, 3.8) is 0 Å². The number of aromatic nitrogens is 4. The molecule has 0 saturated carbocycles. The van der Waals surface area contributed by atoms with E-state index in [0.29, 0.717) is 18.9 Å². The molecule has 2 heterocycles. The lowest BCUT2D eigenvalue weighted by molar-refractivity contribution is 0.0137. The molecule has 0 saturated heterocycles. The first-order chi connectivity index (χ1) is 13.6. The normalized spacial score (nSPS) is 13.1. The van der Waals surface area contributed by atoms with Crippen LogP contribution in [0.5, 0.6) is 0 Å². The van der Waals surface area contributed by atoms with E-state index in [1.165, 1.54) is 10.7 Å². The fourth-order valence-electron chi connectivity index (χ4n) is 3.27. The van der Waals surface area contributed by atoms with E-state index in [4.69, 9.17) is 0 Å². The van der Waals surface area contributed by atoms with Gasteiger partial charge in [-0.15, -0.1) is 0 Å². The maximum atomic E-state index is 14.3. The molecular formula is C19H21F4N5O. The summed E-state index contributed by atoms with van der Waals surface area (Å²) < 4.78 is 56.2. The van der Waals surface area contributed by atoms with Crippen molar-refractivity contribution < 1.29 is 17.6 Å². The molecule has 0 amide bonds. The van der Waals surface area contributed by atoms with Crippen LogP contribution < -0.4 is 10.5 Å². The molecule has 0 fully saturated rings. The van der Waals surface area contributed by atoms with E-state index in [1.54, 1.807) is 25.9 Å². The minimum atomic E-state index is -3.32. The van der Waals surface area contributed by atoms with Crippen LogP contribution in [0.15, 0.2) is 23.0 Å². The zero-order valence-corrected chi connectivity index (χ0v) is 16.4. The first-order valence-corrected chi connectivity index (χ1v) is 9.00. The summed E-state index contributed by atoms with van der Waals surface area (Å²) in [7, 11) is 3.36. The maximum absolute atomic E-state index is 14.3. The van der Waals surface area contributed by atoms with Gasteiger partial charge in [0.2, 0.25) is 5.95 Å². The number of nitrogens with zero attached hydrogens (tertiary/aromatic N) is 4. The summed E-state index contributed by atoms with van der Waals surface area (Å²) in [6.07, 6.45) is 0.385. The van der Waals surface area contributed by atoms with Crippen LogP contribution in [0, 0.1) is 5.82 Å². The molecule has 0 bridgehead atoms. The van der Waals surface area contributed by atoms with E-state index in [1.807, 2.05) is 0 Å². The number of alkyl halides is 3. The van der Waals surface area contributed by atoms with E-state index < -0.39 is 35.6 Å². The van der Waals surface area contributed by atoms with Crippen LogP contribution in [0.2, 0.25) is 0 Å². The minimum absolute atomic E-state index is 0.00809. The van der Waals surface area contributed by atoms with E-state index >= 15 is 0 Å². The van der Waals surface area contributed by atoms with E-state index in [0.717, 1.165) is 12.1 Å². The fraction of sp³-hybridized carbons (Fsp3) is 0.421. The van der Waals surface area contributed by atoms with Crippen molar-refractivity contribution in [3.8, 4) is 0 Å². The van der Waals surface area contributed by atoms with Crippen LogP contribution >= 0.6 is 0 Å². The van der Waals surface area contributed by atoms with Crippen LogP contribution in [0.1, 0.15) is 43.1 Å². The average molecular weight is 411 g/mol. The first-order valence-electron chi connectivity index (χ1n) is 9.00. The van der Waals surface area contributed by atoms with Gasteiger partial charge in [-0.3, -0.25) is 9.78 Å². The molecule has 156 valence electrons. The molecule has 3 rings (SSSR count). The van der Waals surface area contributed by atoms with Crippen molar-refractivity contribution in [2.24, 2.45) is 0 Å². The van der Waals surface area contributed by atoms with E-state index in [-0.39, 0.29) is 22.7 Å². The number of anilines is 1. The summed E-state index contributed by atoms with van der Waals surface area (Å²) >= 11 is 0. The Hall–Kier alpha value is -2.91. The molecule has 0 unspecified atom stereocenters. The molecular weight excluding hydrogens is 390 g/mol. The fourth-order valence-corrected chi connectivity index (χ4v) is 3.27. The van der Waals surface area contributed by atoms with Crippen LogP contribution in [-0.4, -0.2) is 33.8 Å².